The molecule has 0 amide bonds. The molecule has 2 nitrogen and oxygen atoms in total. The van der Waals surface area contributed by atoms with Crippen LogP contribution in [0.1, 0.15) is 11.1 Å². The molecular formula is C18H17NO. The van der Waals surface area contributed by atoms with Gasteiger partial charge in [-0.25, -0.2) is 0 Å². The smallest absolute Gasteiger partial charge is 0.132 e. The summed E-state index contributed by atoms with van der Waals surface area (Å²) in [5, 5.41) is 11.3. The van der Waals surface area contributed by atoms with Gasteiger partial charge < -0.3 is 9.67 Å². The average Bonchev–Trinajstić information content (AvgIpc) is 3.02. The topological polar surface area (TPSA) is 25.2 Å². The highest BCUT2D eigenvalue weighted by atomic mass is 16.3. The predicted molar refractivity (Wildman–Crippen MR) is 80.3 cm³/mol. The maximum atomic E-state index is 11.3. The monoisotopic (exact) mass is 263 g/mol. The van der Waals surface area contributed by atoms with E-state index in [1.165, 1.54) is 0 Å². The molecule has 0 unspecified atom stereocenters. The summed E-state index contributed by atoms with van der Waals surface area (Å²) in [5.74, 6) is 0. The molecular weight excluding hydrogens is 246 g/mol. The third-order valence-corrected chi connectivity index (χ3v) is 3.58. The van der Waals surface area contributed by atoms with E-state index in [0.717, 1.165) is 11.1 Å². The zero-order valence-electron chi connectivity index (χ0n) is 11.2. The Balaban J connectivity index is 2.08. The van der Waals surface area contributed by atoms with Crippen molar-refractivity contribution in [1.82, 2.24) is 4.57 Å². The average molecular weight is 263 g/mol. The summed E-state index contributed by atoms with van der Waals surface area (Å²) in [6.07, 6.45) is 3.94. The van der Waals surface area contributed by atoms with Crippen LogP contribution in [-0.2, 0) is 12.1 Å². The van der Waals surface area contributed by atoms with Gasteiger partial charge in [-0.05, 0) is 23.3 Å². The van der Waals surface area contributed by atoms with Crippen LogP contribution < -0.4 is 0 Å². The van der Waals surface area contributed by atoms with Crippen molar-refractivity contribution in [3.63, 3.8) is 0 Å². The standard InChI is InChI=1S/C18H17NO/c20-18(15-19-13-7-8-14-19,16-9-3-1-4-10-16)17-11-5-2-6-12-17/h1-14,20H,15H2. The Morgan fingerprint density at radius 1 is 0.700 bits per heavy atom. The lowest BCUT2D eigenvalue weighted by Crippen LogP contribution is -2.32. The van der Waals surface area contributed by atoms with Gasteiger partial charge in [-0.3, -0.25) is 0 Å². The van der Waals surface area contributed by atoms with Gasteiger partial charge in [0.25, 0.3) is 0 Å². The van der Waals surface area contributed by atoms with Crippen LogP contribution in [0.3, 0.4) is 0 Å². The second kappa shape index (κ2) is 5.35. The maximum Gasteiger partial charge on any atom is 0.132 e. The van der Waals surface area contributed by atoms with Crippen molar-refractivity contribution >= 4 is 0 Å². The van der Waals surface area contributed by atoms with E-state index in [0.29, 0.717) is 6.54 Å². The van der Waals surface area contributed by atoms with Gasteiger partial charge in [-0.1, -0.05) is 60.7 Å². The minimum atomic E-state index is -1.03. The lowest BCUT2D eigenvalue weighted by Gasteiger charge is -2.30. The Bertz CT molecular complexity index is 605. The molecule has 0 fully saturated rings. The van der Waals surface area contributed by atoms with E-state index in [1.54, 1.807) is 0 Å². The van der Waals surface area contributed by atoms with Crippen molar-refractivity contribution in [2.45, 2.75) is 12.1 Å². The van der Waals surface area contributed by atoms with E-state index < -0.39 is 5.60 Å². The molecule has 2 heteroatoms. The van der Waals surface area contributed by atoms with E-state index in [1.807, 2.05) is 89.8 Å². The van der Waals surface area contributed by atoms with Crippen molar-refractivity contribution in [3.05, 3.63) is 96.3 Å². The van der Waals surface area contributed by atoms with E-state index in [-0.39, 0.29) is 0 Å². The number of aliphatic hydroxyl groups is 1. The Hall–Kier alpha value is -2.32. The quantitative estimate of drug-likeness (QED) is 0.766. The van der Waals surface area contributed by atoms with Crippen molar-refractivity contribution < 1.29 is 5.11 Å². The van der Waals surface area contributed by atoms with Crippen LogP contribution in [0.15, 0.2) is 85.2 Å². The van der Waals surface area contributed by atoms with Crippen LogP contribution in [0, 0.1) is 0 Å². The largest absolute Gasteiger partial charge is 0.378 e. The van der Waals surface area contributed by atoms with Gasteiger partial charge in [0.15, 0.2) is 0 Å². The van der Waals surface area contributed by atoms with Crippen molar-refractivity contribution in [1.29, 1.82) is 0 Å². The van der Waals surface area contributed by atoms with Crippen LogP contribution in [0.2, 0.25) is 0 Å². The fourth-order valence-corrected chi connectivity index (χ4v) is 2.52. The Morgan fingerprint density at radius 2 is 1.15 bits per heavy atom. The highest BCUT2D eigenvalue weighted by Crippen LogP contribution is 2.31. The molecule has 1 heterocycles. The van der Waals surface area contributed by atoms with Crippen LogP contribution in [-0.4, -0.2) is 9.67 Å². The molecule has 0 spiro atoms. The first-order valence-electron chi connectivity index (χ1n) is 6.73. The van der Waals surface area contributed by atoms with E-state index in [9.17, 15) is 5.11 Å². The summed E-state index contributed by atoms with van der Waals surface area (Å²) < 4.78 is 2.00. The Morgan fingerprint density at radius 3 is 1.60 bits per heavy atom. The third kappa shape index (κ3) is 2.38. The van der Waals surface area contributed by atoms with Crippen LogP contribution in [0.25, 0.3) is 0 Å². The van der Waals surface area contributed by atoms with Crippen molar-refractivity contribution in [2.75, 3.05) is 0 Å². The molecule has 0 aliphatic carbocycles. The number of nitrogens with zero attached hydrogens (tertiary/aromatic N) is 1. The number of aromatic nitrogens is 1. The van der Waals surface area contributed by atoms with Crippen molar-refractivity contribution in [2.24, 2.45) is 0 Å². The first-order chi connectivity index (χ1) is 9.79. The lowest BCUT2D eigenvalue weighted by atomic mass is 9.86. The summed E-state index contributed by atoms with van der Waals surface area (Å²) in [6.45, 7) is 0.494. The van der Waals surface area contributed by atoms with E-state index in [2.05, 4.69) is 0 Å². The lowest BCUT2D eigenvalue weighted by molar-refractivity contribution is 0.0613. The molecule has 0 aliphatic rings. The molecule has 1 aromatic heterocycles. The highest BCUT2D eigenvalue weighted by molar-refractivity contribution is 5.35. The molecule has 0 saturated heterocycles. The minimum absolute atomic E-state index is 0.494. The molecule has 20 heavy (non-hydrogen) atoms. The molecule has 3 aromatic rings. The molecule has 100 valence electrons. The van der Waals surface area contributed by atoms with Gasteiger partial charge in [0.2, 0.25) is 0 Å². The summed E-state index contributed by atoms with van der Waals surface area (Å²) in [7, 11) is 0. The third-order valence-electron chi connectivity index (χ3n) is 3.58. The zero-order valence-corrected chi connectivity index (χ0v) is 11.2. The summed E-state index contributed by atoms with van der Waals surface area (Å²) >= 11 is 0. The Labute approximate surface area is 118 Å². The Kier molecular flexibility index (Phi) is 3.40. The predicted octanol–water partition coefficient (Wildman–Crippen LogP) is 3.42. The van der Waals surface area contributed by atoms with Gasteiger partial charge in [0.1, 0.15) is 5.60 Å². The number of hydrogen-bond acceptors (Lipinski definition) is 1. The van der Waals surface area contributed by atoms with Crippen LogP contribution in [0.4, 0.5) is 0 Å². The second-order valence-electron chi connectivity index (χ2n) is 4.95. The summed E-state index contributed by atoms with van der Waals surface area (Å²) in [5.41, 5.74) is 0.779. The van der Waals surface area contributed by atoms with E-state index >= 15 is 0 Å². The number of benzene rings is 2. The second-order valence-corrected chi connectivity index (χ2v) is 4.95. The minimum Gasteiger partial charge on any atom is -0.378 e. The first kappa shape index (κ1) is 12.7. The fourth-order valence-electron chi connectivity index (χ4n) is 2.52. The maximum absolute atomic E-state index is 11.3. The molecule has 0 aliphatic heterocycles. The fraction of sp³-hybridized carbons (Fsp3) is 0.111. The first-order valence-corrected chi connectivity index (χ1v) is 6.73. The normalized spacial score (nSPS) is 11.4. The summed E-state index contributed by atoms with van der Waals surface area (Å²) in [4.78, 5) is 0. The molecule has 0 bridgehead atoms. The van der Waals surface area contributed by atoms with E-state index in [4.69, 9.17) is 0 Å². The van der Waals surface area contributed by atoms with Crippen molar-refractivity contribution in [3.8, 4) is 0 Å². The van der Waals surface area contributed by atoms with Crippen LogP contribution >= 0.6 is 0 Å². The van der Waals surface area contributed by atoms with Gasteiger partial charge in [-0.2, -0.15) is 0 Å². The molecule has 0 saturated carbocycles. The molecule has 1 N–H and O–H groups in total. The van der Waals surface area contributed by atoms with Gasteiger partial charge in [0, 0.05) is 12.4 Å². The van der Waals surface area contributed by atoms with Gasteiger partial charge >= 0.3 is 0 Å². The molecule has 0 radical (unpaired) electrons. The number of rotatable bonds is 4. The van der Waals surface area contributed by atoms with Gasteiger partial charge in [-0.15, -0.1) is 0 Å². The molecule has 3 rings (SSSR count). The molecule has 0 atom stereocenters. The SMILES string of the molecule is OC(Cn1cccc1)(c1ccccc1)c1ccccc1. The highest BCUT2D eigenvalue weighted by Gasteiger charge is 2.31. The zero-order chi connectivity index (χ0) is 13.8. The molecule has 2 aromatic carbocycles. The number of hydrogen-bond donors (Lipinski definition) is 1. The van der Waals surface area contributed by atoms with Crippen LogP contribution in [0.5, 0.6) is 0 Å². The van der Waals surface area contributed by atoms with Gasteiger partial charge in [0.05, 0.1) is 6.54 Å². The summed E-state index contributed by atoms with van der Waals surface area (Å²) in [6, 6.07) is 23.6.